The summed E-state index contributed by atoms with van der Waals surface area (Å²) in [5.74, 6) is 1.21. The van der Waals surface area contributed by atoms with Gasteiger partial charge in [0.25, 0.3) is 0 Å². The SMILES string of the molecule is CC1(C)Cc2nc(N3CCOCC3)ncc2[C@@H](NC(=O)C2CCC2)C1. The normalized spacial score (nSPS) is 25.8. The van der Waals surface area contributed by atoms with E-state index < -0.39 is 0 Å². The van der Waals surface area contributed by atoms with Gasteiger partial charge >= 0.3 is 0 Å². The molecule has 2 aliphatic carbocycles. The first kappa shape index (κ1) is 16.8. The largest absolute Gasteiger partial charge is 0.378 e. The summed E-state index contributed by atoms with van der Waals surface area (Å²) in [6.45, 7) is 7.65. The lowest BCUT2D eigenvalue weighted by atomic mass is 9.74. The van der Waals surface area contributed by atoms with Crippen LogP contribution in [-0.2, 0) is 16.0 Å². The van der Waals surface area contributed by atoms with Crippen molar-refractivity contribution in [1.82, 2.24) is 15.3 Å². The van der Waals surface area contributed by atoms with Crippen LogP contribution in [0.5, 0.6) is 0 Å². The van der Waals surface area contributed by atoms with E-state index in [-0.39, 0.29) is 23.3 Å². The topological polar surface area (TPSA) is 67.3 Å². The van der Waals surface area contributed by atoms with Gasteiger partial charge in [0.15, 0.2) is 0 Å². The second-order valence-corrected chi connectivity index (χ2v) is 8.41. The highest BCUT2D eigenvalue weighted by atomic mass is 16.5. The maximum absolute atomic E-state index is 12.5. The van der Waals surface area contributed by atoms with Crippen LogP contribution in [0.25, 0.3) is 0 Å². The molecule has 2 fully saturated rings. The first-order valence-electron chi connectivity index (χ1n) is 9.51. The Balaban J connectivity index is 1.57. The Morgan fingerprint density at radius 2 is 2.08 bits per heavy atom. The Bertz CT molecular complexity index is 651. The number of rotatable bonds is 3. The highest BCUT2D eigenvalue weighted by molar-refractivity contribution is 5.79. The maximum Gasteiger partial charge on any atom is 0.225 e. The Labute approximate surface area is 149 Å². The predicted octanol–water partition coefficient (Wildman–Crippen LogP) is 2.24. The van der Waals surface area contributed by atoms with Crippen molar-refractivity contribution in [1.29, 1.82) is 0 Å². The fourth-order valence-electron chi connectivity index (χ4n) is 4.04. The number of carbonyl (C=O) groups excluding carboxylic acids is 1. The molecule has 0 aromatic carbocycles. The molecule has 2 heterocycles. The van der Waals surface area contributed by atoms with E-state index in [9.17, 15) is 4.79 Å². The monoisotopic (exact) mass is 344 g/mol. The van der Waals surface area contributed by atoms with Gasteiger partial charge < -0.3 is 15.0 Å². The number of fused-ring (bicyclic) bond motifs is 1. The summed E-state index contributed by atoms with van der Waals surface area (Å²) in [6, 6.07) is 0.0330. The van der Waals surface area contributed by atoms with E-state index in [4.69, 9.17) is 9.72 Å². The van der Waals surface area contributed by atoms with Crippen LogP contribution in [0.2, 0.25) is 0 Å². The number of hydrogen-bond donors (Lipinski definition) is 1. The minimum absolute atomic E-state index is 0.0330. The number of nitrogens with one attached hydrogen (secondary N) is 1. The van der Waals surface area contributed by atoms with E-state index in [1.54, 1.807) is 0 Å². The molecule has 0 spiro atoms. The number of aromatic nitrogens is 2. The summed E-state index contributed by atoms with van der Waals surface area (Å²) in [5.41, 5.74) is 2.32. The van der Waals surface area contributed by atoms with Crippen LogP contribution in [0.4, 0.5) is 5.95 Å². The summed E-state index contributed by atoms with van der Waals surface area (Å²) in [6.07, 6.45) is 7.05. The van der Waals surface area contributed by atoms with Gasteiger partial charge in [-0.15, -0.1) is 0 Å². The minimum Gasteiger partial charge on any atom is -0.378 e. The van der Waals surface area contributed by atoms with E-state index in [0.717, 1.165) is 69.2 Å². The summed E-state index contributed by atoms with van der Waals surface area (Å²) >= 11 is 0. The highest BCUT2D eigenvalue weighted by Gasteiger charge is 2.36. The van der Waals surface area contributed by atoms with E-state index >= 15 is 0 Å². The third kappa shape index (κ3) is 3.50. The number of ether oxygens (including phenoxy) is 1. The molecular weight excluding hydrogens is 316 g/mol. The first-order valence-corrected chi connectivity index (χ1v) is 9.51. The molecule has 1 saturated carbocycles. The molecule has 0 unspecified atom stereocenters. The van der Waals surface area contributed by atoms with Crippen molar-refractivity contribution in [3.63, 3.8) is 0 Å². The van der Waals surface area contributed by atoms with Crippen molar-refractivity contribution in [2.45, 2.75) is 52.0 Å². The van der Waals surface area contributed by atoms with E-state index in [1.165, 1.54) is 6.42 Å². The van der Waals surface area contributed by atoms with Gasteiger partial charge in [0.1, 0.15) is 0 Å². The molecule has 1 aromatic rings. The highest BCUT2D eigenvalue weighted by Crippen LogP contribution is 2.40. The molecule has 0 radical (unpaired) electrons. The molecule has 3 aliphatic rings. The summed E-state index contributed by atoms with van der Waals surface area (Å²) in [5, 5.41) is 3.28. The van der Waals surface area contributed by atoms with E-state index in [1.807, 2.05) is 6.20 Å². The molecule has 1 aliphatic heterocycles. The lowest BCUT2D eigenvalue weighted by molar-refractivity contribution is -0.128. The fourth-order valence-corrected chi connectivity index (χ4v) is 4.04. The first-order chi connectivity index (χ1) is 12.0. The molecule has 1 aromatic heterocycles. The van der Waals surface area contributed by atoms with Crippen LogP contribution < -0.4 is 10.2 Å². The smallest absolute Gasteiger partial charge is 0.225 e. The maximum atomic E-state index is 12.5. The van der Waals surface area contributed by atoms with Crippen molar-refractivity contribution in [2.24, 2.45) is 11.3 Å². The van der Waals surface area contributed by atoms with Crippen LogP contribution in [0.15, 0.2) is 6.20 Å². The lowest BCUT2D eigenvalue weighted by Crippen LogP contribution is -2.42. The molecule has 1 atom stereocenters. The Kier molecular flexibility index (Phi) is 4.40. The van der Waals surface area contributed by atoms with E-state index in [2.05, 4.69) is 29.0 Å². The molecule has 6 heteroatoms. The molecule has 25 heavy (non-hydrogen) atoms. The van der Waals surface area contributed by atoms with Crippen LogP contribution in [0.1, 0.15) is 56.8 Å². The van der Waals surface area contributed by atoms with Crippen LogP contribution in [0.3, 0.4) is 0 Å². The van der Waals surface area contributed by atoms with Gasteiger partial charge in [0, 0.05) is 30.8 Å². The molecule has 0 bridgehead atoms. The van der Waals surface area contributed by atoms with Gasteiger partial charge in [-0.3, -0.25) is 4.79 Å². The Hall–Kier alpha value is -1.69. The molecule has 1 saturated heterocycles. The fraction of sp³-hybridized carbons (Fsp3) is 0.737. The van der Waals surface area contributed by atoms with Crippen molar-refractivity contribution in [3.8, 4) is 0 Å². The van der Waals surface area contributed by atoms with Crippen molar-refractivity contribution in [3.05, 3.63) is 17.5 Å². The molecule has 136 valence electrons. The predicted molar refractivity (Wildman–Crippen MR) is 95.4 cm³/mol. The van der Waals surface area contributed by atoms with Crippen LogP contribution >= 0.6 is 0 Å². The third-order valence-electron chi connectivity index (χ3n) is 5.75. The van der Waals surface area contributed by atoms with Gasteiger partial charge in [0.05, 0.1) is 24.9 Å². The molecule has 6 nitrogen and oxygen atoms in total. The summed E-state index contributed by atoms with van der Waals surface area (Å²) in [4.78, 5) is 24.1. The van der Waals surface area contributed by atoms with Crippen molar-refractivity contribution in [2.75, 3.05) is 31.2 Å². The molecule has 1 amide bonds. The van der Waals surface area contributed by atoms with Crippen LogP contribution in [-0.4, -0.2) is 42.2 Å². The number of hydrogen-bond acceptors (Lipinski definition) is 5. The van der Waals surface area contributed by atoms with Crippen molar-refractivity contribution < 1.29 is 9.53 Å². The molecule has 1 N–H and O–H groups in total. The second kappa shape index (κ2) is 6.56. The Morgan fingerprint density at radius 3 is 2.76 bits per heavy atom. The number of anilines is 1. The zero-order valence-corrected chi connectivity index (χ0v) is 15.3. The average Bonchev–Trinajstić information content (AvgIpc) is 2.52. The zero-order chi connectivity index (χ0) is 17.4. The number of carbonyl (C=O) groups is 1. The van der Waals surface area contributed by atoms with Gasteiger partial charge in [-0.05, 0) is 31.1 Å². The van der Waals surface area contributed by atoms with Crippen LogP contribution in [0, 0.1) is 11.3 Å². The van der Waals surface area contributed by atoms with Gasteiger partial charge in [-0.25, -0.2) is 9.97 Å². The average molecular weight is 344 g/mol. The summed E-state index contributed by atoms with van der Waals surface area (Å²) in [7, 11) is 0. The summed E-state index contributed by atoms with van der Waals surface area (Å²) < 4.78 is 5.42. The number of morpholine rings is 1. The zero-order valence-electron chi connectivity index (χ0n) is 15.3. The third-order valence-corrected chi connectivity index (χ3v) is 5.75. The quantitative estimate of drug-likeness (QED) is 0.911. The standard InChI is InChI=1S/C19H28N4O2/c1-19(2)10-15(21-17(24)13-4-3-5-13)14-12-20-18(22-16(14)11-19)23-6-8-25-9-7-23/h12-13,15H,3-11H2,1-2H3,(H,21,24)/t15-/m0/s1. The van der Waals surface area contributed by atoms with Gasteiger partial charge in [-0.1, -0.05) is 20.3 Å². The van der Waals surface area contributed by atoms with E-state index in [0.29, 0.717) is 0 Å². The minimum atomic E-state index is 0.0330. The second-order valence-electron chi connectivity index (χ2n) is 8.41. The Morgan fingerprint density at radius 1 is 1.32 bits per heavy atom. The number of amides is 1. The molecule has 4 rings (SSSR count). The molecular formula is C19H28N4O2. The lowest BCUT2D eigenvalue weighted by Gasteiger charge is -2.38. The number of nitrogens with zero attached hydrogens (tertiary/aromatic N) is 3. The van der Waals surface area contributed by atoms with Gasteiger partial charge in [0.2, 0.25) is 11.9 Å². The van der Waals surface area contributed by atoms with Crippen molar-refractivity contribution >= 4 is 11.9 Å². The van der Waals surface area contributed by atoms with Gasteiger partial charge in [-0.2, -0.15) is 0 Å².